The Kier molecular flexibility index (Phi) is 34.6. The van der Waals surface area contributed by atoms with E-state index in [1.165, 1.54) is 123 Å². The van der Waals surface area contributed by atoms with Gasteiger partial charge in [0.05, 0.1) is 0 Å². The van der Waals surface area contributed by atoms with Crippen LogP contribution in [-0.4, -0.2) is 0 Å². The zero-order valence-corrected chi connectivity index (χ0v) is 50.8. The molecule has 0 aliphatic heterocycles. The Morgan fingerprint density at radius 3 is 1.56 bits per heavy atom. The van der Waals surface area contributed by atoms with Crippen molar-refractivity contribution in [1.82, 2.24) is 0 Å². The van der Waals surface area contributed by atoms with E-state index in [0.29, 0.717) is 5.92 Å². The molecule has 73 heavy (non-hydrogen) atoms. The maximum absolute atomic E-state index is 6.54. The fraction of sp³-hybridized carbons (Fsp3) is 0.444. The fourth-order valence-corrected chi connectivity index (χ4v) is 7.34. The summed E-state index contributed by atoms with van der Waals surface area (Å²) in [5.41, 5.74) is 27.6. The van der Waals surface area contributed by atoms with Crippen LogP contribution in [0.4, 0.5) is 5.69 Å². The van der Waals surface area contributed by atoms with Gasteiger partial charge in [-0.15, -0.1) is 0 Å². The maximum Gasteiger partial charge on any atom is 0.0423 e. The van der Waals surface area contributed by atoms with E-state index < -0.39 is 0 Å². The van der Waals surface area contributed by atoms with Crippen molar-refractivity contribution in [2.24, 2.45) is 11.8 Å². The van der Waals surface area contributed by atoms with Gasteiger partial charge in [-0.3, -0.25) is 0 Å². The molecule has 1 nitrogen and oxygen atoms in total. The predicted molar refractivity (Wildman–Crippen MR) is 338 cm³/mol. The summed E-state index contributed by atoms with van der Waals surface area (Å²) < 4.78 is 0. The number of anilines is 1. The molecule has 0 unspecified atom stereocenters. The number of nitrogens with two attached hydrogens (primary N) is 1. The van der Waals surface area contributed by atoms with Crippen molar-refractivity contribution in [2.45, 2.75) is 202 Å². The molecule has 400 valence electrons. The SMILES string of the molecule is C/C(=C\C=C(/C)C(C)C)c1ccc(/C=C/C=C/c2ccc(-c3ccc(C(C)(C)C)cc3C)c(C)c2)c(N)c1C.C=C(Cc1ccc(C)cc1)c1ccc(C)cc1.CC.CCC.CCC(C)CC.CCCCCC. The molecule has 0 amide bonds. The highest BCUT2D eigenvalue weighted by molar-refractivity contribution is 5.78. The van der Waals surface area contributed by atoms with E-state index >= 15 is 0 Å². The number of nitrogen functional groups attached to an aromatic ring is 1. The second-order valence-electron chi connectivity index (χ2n) is 21.2. The van der Waals surface area contributed by atoms with Gasteiger partial charge in [0.2, 0.25) is 0 Å². The van der Waals surface area contributed by atoms with Crippen molar-refractivity contribution in [3.05, 3.63) is 195 Å². The van der Waals surface area contributed by atoms with Crippen LogP contribution in [0.2, 0.25) is 0 Å². The van der Waals surface area contributed by atoms with E-state index in [9.17, 15) is 0 Å². The van der Waals surface area contributed by atoms with Crippen molar-refractivity contribution in [2.75, 3.05) is 5.73 Å². The van der Waals surface area contributed by atoms with Crippen LogP contribution in [0, 0.1) is 46.5 Å². The normalized spacial score (nSPS) is 11.4. The number of rotatable bonds is 15. The van der Waals surface area contributed by atoms with Crippen LogP contribution >= 0.6 is 0 Å². The first-order valence-electron chi connectivity index (χ1n) is 28.2. The first-order chi connectivity index (χ1) is 34.6. The summed E-state index contributed by atoms with van der Waals surface area (Å²) in [5.74, 6) is 1.49. The summed E-state index contributed by atoms with van der Waals surface area (Å²) in [6.45, 7) is 49.9. The molecule has 2 N–H and O–H groups in total. The molecule has 0 aliphatic rings. The van der Waals surface area contributed by atoms with Gasteiger partial charge in [-0.05, 0) is 144 Å². The summed E-state index contributed by atoms with van der Waals surface area (Å²) in [6, 6.07) is 35.1. The van der Waals surface area contributed by atoms with Crippen LogP contribution in [-0.2, 0) is 11.8 Å². The minimum absolute atomic E-state index is 0.159. The van der Waals surface area contributed by atoms with Gasteiger partial charge >= 0.3 is 0 Å². The number of allylic oxidation sites excluding steroid dienone is 7. The average Bonchev–Trinajstić information content (AvgIpc) is 3.37. The number of benzene rings is 5. The van der Waals surface area contributed by atoms with Crippen molar-refractivity contribution in [1.29, 1.82) is 0 Å². The molecule has 0 aliphatic carbocycles. The van der Waals surface area contributed by atoms with E-state index in [0.717, 1.165) is 29.2 Å². The third kappa shape index (κ3) is 26.4. The molecule has 0 spiro atoms. The van der Waals surface area contributed by atoms with Crippen LogP contribution in [0.1, 0.15) is 217 Å². The minimum atomic E-state index is 0.159. The predicted octanol–water partition coefficient (Wildman–Crippen LogP) is 22.9. The molecule has 0 saturated heterocycles. The summed E-state index contributed by atoms with van der Waals surface area (Å²) >= 11 is 0. The highest BCUT2D eigenvalue weighted by atomic mass is 14.6. The standard InChI is InChI=1S/C38H47N.C17H18.2C6H14.C3H8.C2H6/c1-25(2)26(3)15-16-27(4)34-21-18-32(37(39)30(34)7)14-12-11-13-31-17-20-35(28(5)23-31)36-22-19-33(24-29(36)6)38(8,9)10;1-13-4-8-16(9-5-13)12-15(3)17-10-6-14(2)7-11-17;1-4-6(3)5-2;1-3-5-6-4-2;1-3-2;1-2/h11-25H,39H2,1-10H3;4-11H,3,12H2,1-2H3;6H,4-5H2,1-3H3;3-6H2,1-2H3;3H2,1-2H3;1-2H3/b13-11+,14-12+,26-15+,27-16+;;;;;. The molecule has 1 heteroatoms. The highest BCUT2D eigenvalue weighted by Gasteiger charge is 2.15. The number of hydrogen-bond acceptors (Lipinski definition) is 1. The van der Waals surface area contributed by atoms with E-state index in [2.05, 4.69) is 272 Å². The lowest BCUT2D eigenvalue weighted by atomic mass is 9.84. The molecule has 0 radical (unpaired) electrons. The monoisotopic (exact) mass is 986 g/mol. The summed E-state index contributed by atoms with van der Waals surface area (Å²) in [4.78, 5) is 0. The largest absolute Gasteiger partial charge is 0.398 e. The lowest BCUT2D eigenvalue weighted by Crippen LogP contribution is -2.11. The lowest BCUT2D eigenvalue weighted by Gasteiger charge is -2.21. The van der Waals surface area contributed by atoms with Gasteiger partial charge < -0.3 is 5.73 Å². The smallest absolute Gasteiger partial charge is 0.0423 e. The van der Waals surface area contributed by atoms with Gasteiger partial charge in [0.1, 0.15) is 0 Å². The van der Waals surface area contributed by atoms with Crippen LogP contribution in [0.5, 0.6) is 0 Å². The zero-order valence-electron chi connectivity index (χ0n) is 50.8. The first kappa shape index (κ1) is 67.6. The van der Waals surface area contributed by atoms with Gasteiger partial charge in [-0.2, -0.15) is 0 Å². The van der Waals surface area contributed by atoms with Gasteiger partial charge in [0.25, 0.3) is 0 Å². The van der Waals surface area contributed by atoms with Crippen molar-refractivity contribution >= 4 is 29.0 Å². The van der Waals surface area contributed by atoms with E-state index in [4.69, 9.17) is 5.73 Å². The Balaban J connectivity index is 0.00000124. The second-order valence-corrected chi connectivity index (χ2v) is 21.2. The average molecular weight is 987 g/mol. The molecule has 5 aromatic rings. The fourth-order valence-electron chi connectivity index (χ4n) is 7.34. The van der Waals surface area contributed by atoms with Crippen molar-refractivity contribution < 1.29 is 0 Å². The Morgan fingerprint density at radius 1 is 0.616 bits per heavy atom. The third-order valence-electron chi connectivity index (χ3n) is 13.1. The van der Waals surface area contributed by atoms with Gasteiger partial charge in [-0.1, -0.05) is 299 Å². The highest BCUT2D eigenvalue weighted by Crippen LogP contribution is 2.32. The van der Waals surface area contributed by atoms with Crippen LogP contribution < -0.4 is 5.73 Å². The minimum Gasteiger partial charge on any atom is -0.398 e. The molecule has 0 fully saturated rings. The number of hydrogen-bond donors (Lipinski definition) is 1. The first-order valence-corrected chi connectivity index (χ1v) is 28.2. The second kappa shape index (κ2) is 37.3. The van der Waals surface area contributed by atoms with E-state index in [-0.39, 0.29) is 5.41 Å². The molecule has 0 saturated carbocycles. The quantitative estimate of drug-likeness (QED) is 0.0631. The lowest BCUT2D eigenvalue weighted by molar-refractivity contribution is 0.544. The zero-order chi connectivity index (χ0) is 55.7. The van der Waals surface area contributed by atoms with Crippen LogP contribution in [0.25, 0.3) is 34.4 Å². The molecule has 0 bridgehead atoms. The summed E-state index contributed by atoms with van der Waals surface area (Å²) in [7, 11) is 0. The topological polar surface area (TPSA) is 26.0 Å². The Morgan fingerprint density at radius 2 is 1.11 bits per heavy atom. The summed E-state index contributed by atoms with van der Waals surface area (Å²) in [5, 5.41) is 0. The molecule has 0 heterocycles. The van der Waals surface area contributed by atoms with Gasteiger partial charge in [-0.25, -0.2) is 0 Å². The molecule has 5 aromatic carbocycles. The maximum atomic E-state index is 6.54. The molecule has 0 atom stereocenters. The van der Waals surface area contributed by atoms with Gasteiger partial charge in [0, 0.05) is 5.69 Å². The van der Waals surface area contributed by atoms with Gasteiger partial charge in [0.15, 0.2) is 0 Å². The Labute approximate surface area is 452 Å². The van der Waals surface area contributed by atoms with Crippen LogP contribution in [0.15, 0.2) is 134 Å². The van der Waals surface area contributed by atoms with Crippen molar-refractivity contribution in [3.8, 4) is 11.1 Å². The van der Waals surface area contributed by atoms with Crippen LogP contribution in [0.3, 0.4) is 0 Å². The van der Waals surface area contributed by atoms with E-state index in [1.54, 1.807) is 0 Å². The Bertz CT molecular complexity index is 2410. The molecular formula is C72H107N. The third-order valence-corrected chi connectivity index (χ3v) is 13.1. The Hall–Kier alpha value is -5.40. The van der Waals surface area contributed by atoms with E-state index in [1.807, 2.05) is 13.8 Å². The summed E-state index contributed by atoms with van der Waals surface area (Å²) in [6.07, 6.45) is 23.2. The number of aryl methyl sites for hydroxylation is 4. The molecule has 0 aromatic heterocycles. The molecule has 5 rings (SSSR count). The number of unbranched alkanes of at least 4 members (excludes halogenated alkanes) is 3. The van der Waals surface area contributed by atoms with Crippen molar-refractivity contribution in [3.63, 3.8) is 0 Å². The molecular weight excluding hydrogens is 879 g/mol.